The van der Waals surface area contributed by atoms with Gasteiger partial charge in [0.1, 0.15) is 15.6 Å². The molecule has 0 spiro atoms. The van der Waals surface area contributed by atoms with E-state index in [4.69, 9.17) is 5.11 Å². The van der Waals surface area contributed by atoms with Gasteiger partial charge in [-0.2, -0.15) is 0 Å². The number of quaternary nitrogens is 1. The predicted molar refractivity (Wildman–Crippen MR) is 31.0 cm³/mol. The molecular weight excluding hydrogens is 150 g/mol. The van der Waals surface area contributed by atoms with Crippen molar-refractivity contribution < 1.29 is 23.6 Å². The second kappa shape index (κ2) is 4.65. The molecule has 6 nitrogen and oxygen atoms in total. The zero-order valence-corrected chi connectivity index (χ0v) is 5.97. The van der Waals surface area contributed by atoms with E-state index in [0.717, 1.165) is 6.92 Å². The van der Waals surface area contributed by atoms with Gasteiger partial charge in [-0.05, 0) is 6.92 Å². The van der Waals surface area contributed by atoms with E-state index in [1.807, 2.05) is 0 Å². The van der Waals surface area contributed by atoms with Gasteiger partial charge in [-0.15, -0.1) is 0 Å². The molecule has 0 fully saturated rings. The van der Waals surface area contributed by atoms with Crippen LogP contribution in [0.5, 0.6) is 0 Å². The summed E-state index contributed by atoms with van der Waals surface area (Å²) in [5, 5.41) is 7.99. The van der Waals surface area contributed by atoms with Crippen molar-refractivity contribution in [2.45, 2.75) is 12.4 Å². The Bertz CT molecular complexity index is 137. The Morgan fingerprint density at radius 1 is 1.56 bits per heavy atom. The Labute approximate surface area is 53.1 Å². The molecule has 0 aromatic carbocycles. The molecule has 1 atom stereocenters. The smallest absolute Gasteiger partial charge is 0.140 e. The van der Waals surface area contributed by atoms with Gasteiger partial charge in [-0.3, -0.25) is 0 Å². The zero-order chi connectivity index (χ0) is 6.08. The fraction of sp³-hybridized carbons (Fsp3) is 1.00. The van der Waals surface area contributed by atoms with Gasteiger partial charge in [0.05, 0.1) is 0 Å². The fourth-order valence-electron chi connectivity index (χ4n) is 0. The predicted octanol–water partition coefficient (Wildman–Crippen LogP) is -1.58. The molecule has 0 saturated heterocycles. The summed E-state index contributed by atoms with van der Waals surface area (Å²) in [6.07, 6.45) is 0. The molecule has 7 heteroatoms. The molecule has 0 bridgehead atoms. The van der Waals surface area contributed by atoms with Crippen molar-refractivity contribution in [2.75, 3.05) is 0 Å². The van der Waals surface area contributed by atoms with Gasteiger partial charge in [0.25, 0.3) is 0 Å². The lowest BCUT2D eigenvalue weighted by Gasteiger charge is -2.07. The molecule has 9 heavy (non-hydrogen) atoms. The van der Waals surface area contributed by atoms with Crippen LogP contribution in [0.3, 0.4) is 0 Å². The molecule has 60 valence electrons. The molecule has 0 saturated carbocycles. The Morgan fingerprint density at radius 3 is 1.67 bits per heavy atom. The van der Waals surface area contributed by atoms with Gasteiger partial charge < -0.3 is 21.3 Å². The van der Waals surface area contributed by atoms with Crippen LogP contribution in [0.2, 0.25) is 0 Å². The maximum Gasteiger partial charge on any atom is 0.140 e. The third-order valence-electron chi connectivity index (χ3n) is 0.418. The lowest BCUT2D eigenvalue weighted by Crippen LogP contribution is -2.14. The van der Waals surface area contributed by atoms with Gasteiger partial charge in [0, 0.05) is 0 Å². The molecule has 0 heterocycles. The highest BCUT2D eigenvalue weighted by molar-refractivity contribution is 7.86. The minimum absolute atomic E-state index is 0. The Morgan fingerprint density at radius 2 is 1.67 bits per heavy atom. The largest absolute Gasteiger partial charge is 0.746 e. The highest BCUT2D eigenvalue weighted by Gasteiger charge is 2.00. The first-order chi connectivity index (χ1) is 2.94. The summed E-state index contributed by atoms with van der Waals surface area (Å²) in [6.45, 7) is 0.905. The van der Waals surface area contributed by atoms with Crippen molar-refractivity contribution in [3.8, 4) is 0 Å². The van der Waals surface area contributed by atoms with E-state index in [9.17, 15) is 13.0 Å². The summed E-state index contributed by atoms with van der Waals surface area (Å²) in [5.74, 6) is 0. The van der Waals surface area contributed by atoms with Crippen LogP contribution in [0.25, 0.3) is 0 Å². The zero-order valence-electron chi connectivity index (χ0n) is 5.16. The summed E-state index contributed by atoms with van der Waals surface area (Å²) >= 11 is 0. The topological polar surface area (TPSA) is 145 Å². The van der Waals surface area contributed by atoms with E-state index in [0.29, 0.717) is 0 Å². The monoisotopic (exact) mass is 161 g/mol. The summed E-state index contributed by atoms with van der Waals surface area (Å²) in [5.41, 5.74) is -1.78. The average molecular weight is 161 g/mol. The van der Waals surface area contributed by atoms with E-state index < -0.39 is 15.6 Å². The molecule has 0 aromatic heterocycles. The third-order valence-corrected chi connectivity index (χ3v) is 1.25. The first-order valence-electron chi connectivity index (χ1n) is 1.57. The number of rotatable bonds is 1. The van der Waals surface area contributed by atoms with E-state index in [1.165, 1.54) is 0 Å². The Balaban J connectivity index is -0.000000180. The molecule has 0 aromatic rings. The SMILES string of the molecule is CC(O)S(=O)(=O)[O-].O.[NH4+]. The van der Waals surface area contributed by atoms with E-state index in [-0.39, 0.29) is 11.6 Å². The summed E-state index contributed by atoms with van der Waals surface area (Å²) < 4.78 is 28.6. The van der Waals surface area contributed by atoms with Crippen LogP contribution in [0.15, 0.2) is 0 Å². The van der Waals surface area contributed by atoms with Crippen molar-refractivity contribution >= 4 is 10.1 Å². The van der Waals surface area contributed by atoms with Crippen LogP contribution < -0.4 is 6.15 Å². The maximum absolute atomic E-state index is 9.53. The van der Waals surface area contributed by atoms with Gasteiger partial charge in [0.2, 0.25) is 0 Å². The molecule has 7 N–H and O–H groups in total. The van der Waals surface area contributed by atoms with Crippen molar-refractivity contribution in [2.24, 2.45) is 0 Å². The number of hydrogen-bond acceptors (Lipinski definition) is 4. The number of hydrogen-bond donors (Lipinski definition) is 2. The van der Waals surface area contributed by atoms with Gasteiger partial charge in [0.15, 0.2) is 0 Å². The summed E-state index contributed by atoms with van der Waals surface area (Å²) in [6, 6.07) is 0. The van der Waals surface area contributed by atoms with Crippen LogP contribution in [0, 0.1) is 0 Å². The van der Waals surface area contributed by atoms with Crippen LogP contribution >= 0.6 is 0 Å². The summed E-state index contributed by atoms with van der Waals surface area (Å²) in [4.78, 5) is 0. The molecule has 0 rings (SSSR count). The van der Waals surface area contributed by atoms with Crippen LogP contribution in [-0.2, 0) is 10.1 Å². The lowest BCUT2D eigenvalue weighted by atomic mass is 10.9. The van der Waals surface area contributed by atoms with Gasteiger partial charge in [-0.1, -0.05) is 0 Å². The minimum Gasteiger partial charge on any atom is -0.746 e. The number of aliphatic hydroxyl groups is 1. The molecule has 0 radical (unpaired) electrons. The quantitative estimate of drug-likeness (QED) is 0.447. The highest BCUT2D eigenvalue weighted by Crippen LogP contribution is 1.87. The van der Waals surface area contributed by atoms with Gasteiger partial charge in [-0.25, -0.2) is 8.42 Å². The van der Waals surface area contributed by atoms with Crippen LogP contribution in [0.4, 0.5) is 0 Å². The van der Waals surface area contributed by atoms with Crippen molar-refractivity contribution in [1.29, 1.82) is 0 Å². The van der Waals surface area contributed by atoms with E-state index in [1.54, 1.807) is 0 Å². The molecule has 0 amide bonds. The van der Waals surface area contributed by atoms with E-state index >= 15 is 0 Å². The fourth-order valence-corrected chi connectivity index (χ4v) is 0. The first kappa shape index (κ1) is 15.9. The lowest BCUT2D eigenvalue weighted by molar-refractivity contribution is 0.249. The number of aliphatic hydroxyl groups excluding tert-OH is 1. The van der Waals surface area contributed by atoms with Crippen molar-refractivity contribution in [3.05, 3.63) is 0 Å². The van der Waals surface area contributed by atoms with Crippen LogP contribution in [0.1, 0.15) is 6.92 Å². The second-order valence-corrected chi connectivity index (χ2v) is 2.76. The molecular formula is C2H11NO5S. The van der Waals surface area contributed by atoms with Crippen molar-refractivity contribution in [3.63, 3.8) is 0 Å². The third kappa shape index (κ3) is 7.79. The summed E-state index contributed by atoms with van der Waals surface area (Å²) in [7, 11) is -4.44. The van der Waals surface area contributed by atoms with Gasteiger partial charge >= 0.3 is 0 Å². The minimum atomic E-state index is -4.44. The highest BCUT2D eigenvalue weighted by atomic mass is 32.2. The van der Waals surface area contributed by atoms with Crippen LogP contribution in [-0.4, -0.2) is 29.0 Å². The average Bonchev–Trinajstić information content (AvgIpc) is 1.31. The molecule has 0 aliphatic heterocycles. The Kier molecular flexibility index (Phi) is 8.22. The van der Waals surface area contributed by atoms with Crippen molar-refractivity contribution in [1.82, 2.24) is 6.15 Å². The normalized spacial score (nSPS) is 12.8. The maximum atomic E-state index is 9.53. The molecule has 0 aliphatic carbocycles. The van der Waals surface area contributed by atoms with E-state index in [2.05, 4.69) is 0 Å². The standard InChI is InChI=1S/C2H6O4S.H3N.H2O/c1-2(3)7(4,5)6;;/h2-3H,1H3,(H,4,5,6);1H3;1H2. The molecule has 1 unspecified atom stereocenters. The first-order valence-corrected chi connectivity index (χ1v) is 3.04. The molecule has 0 aliphatic rings. The Hall–Kier alpha value is -0.210. The second-order valence-electron chi connectivity index (χ2n) is 1.09.